The Morgan fingerprint density at radius 2 is 1.83 bits per heavy atom. The van der Waals surface area contributed by atoms with Crippen molar-refractivity contribution >= 4 is 0 Å². The van der Waals surface area contributed by atoms with Gasteiger partial charge in [0, 0.05) is 37.9 Å². The molecule has 0 saturated carbocycles. The quantitative estimate of drug-likeness (QED) is 0.771. The molecule has 1 aromatic rings. The maximum absolute atomic E-state index is 11.8. The van der Waals surface area contributed by atoms with Crippen molar-refractivity contribution in [1.29, 1.82) is 0 Å². The van der Waals surface area contributed by atoms with Crippen LogP contribution in [0.3, 0.4) is 0 Å². The SMILES string of the molecule is CN(Cc1cc(=O)n(C)c(=O)n1C)C(C)(C)CO. The zero-order chi connectivity index (χ0) is 14.1. The Morgan fingerprint density at radius 3 is 2.33 bits per heavy atom. The van der Waals surface area contributed by atoms with Gasteiger partial charge in [-0.3, -0.25) is 18.8 Å². The van der Waals surface area contributed by atoms with Gasteiger partial charge in [0.25, 0.3) is 5.56 Å². The zero-order valence-electron chi connectivity index (χ0n) is 11.6. The van der Waals surface area contributed by atoms with Gasteiger partial charge < -0.3 is 5.11 Å². The molecule has 1 aromatic heterocycles. The maximum atomic E-state index is 11.8. The number of likely N-dealkylation sites (N-methyl/N-ethyl adjacent to an activating group) is 1. The predicted octanol–water partition coefficient (Wildman–Crippen LogP) is -0.713. The number of aliphatic hydroxyl groups is 1. The molecule has 0 spiro atoms. The topological polar surface area (TPSA) is 67.5 Å². The lowest BCUT2D eigenvalue weighted by molar-refractivity contribution is 0.0714. The fourth-order valence-electron chi connectivity index (χ4n) is 1.51. The predicted molar refractivity (Wildman–Crippen MR) is 69.6 cm³/mol. The smallest absolute Gasteiger partial charge is 0.330 e. The third-order valence-electron chi connectivity index (χ3n) is 3.44. The van der Waals surface area contributed by atoms with Gasteiger partial charge in [-0.1, -0.05) is 0 Å². The Labute approximate surface area is 106 Å². The Kier molecular flexibility index (Phi) is 4.13. The summed E-state index contributed by atoms with van der Waals surface area (Å²) in [4.78, 5) is 25.3. The lowest BCUT2D eigenvalue weighted by Gasteiger charge is -2.34. The number of aliphatic hydroxyl groups excluding tert-OH is 1. The number of aromatic nitrogens is 2. The standard InChI is InChI=1S/C12H21N3O3/c1-12(2,8-16)13(3)7-9-6-10(17)15(5)11(18)14(9)4/h6,16H,7-8H2,1-5H3. The van der Waals surface area contributed by atoms with Crippen LogP contribution in [0.1, 0.15) is 19.5 Å². The molecule has 0 aliphatic carbocycles. The number of hydrogen-bond acceptors (Lipinski definition) is 4. The molecule has 1 N–H and O–H groups in total. The van der Waals surface area contributed by atoms with Gasteiger partial charge >= 0.3 is 5.69 Å². The van der Waals surface area contributed by atoms with E-state index in [1.165, 1.54) is 17.7 Å². The average Bonchev–Trinajstić information content (AvgIpc) is 2.33. The van der Waals surface area contributed by atoms with Gasteiger partial charge in [0.05, 0.1) is 6.61 Å². The summed E-state index contributed by atoms with van der Waals surface area (Å²) in [6.07, 6.45) is 0. The summed E-state index contributed by atoms with van der Waals surface area (Å²) in [5.74, 6) is 0. The van der Waals surface area contributed by atoms with Crippen LogP contribution in [0, 0.1) is 0 Å². The molecule has 0 aromatic carbocycles. The molecule has 1 heterocycles. The molecule has 0 bridgehead atoms. The largest absolute Gasteiger partial charge is 0.394 e. The van der Waals surface area contributed by atoms with Gasteiger partial charge in [0.15, 0.2) is 0 Å². The minimum absolute atomic E-state index is 0.00227. The van der Waals surface area contributed by atoms with E-state index in [1.54, 1.807) is 7.05 Å². The minimum Gasteiger partial charge on any atom is -0.394 e. The van der Waals surface area contributed by atoms with Crippen LogP contribution in [0.25, 0.3) is 0 Å². The van der Waals surface area contributed by atoms with E-state index in [4.69, 9.17) is 0 Å². The van der Waals surface area contributed by atoms with E-state index < -0.39 is 5.54 Å². The summed E-state index contributed by atoms with van der Waals surface area (Å²) in [5, 5.41) is 9.29. The van der Waals surface area contributed by atoms with Gasteiger partial charge in [-0.2, -0.15) is 0 Å². The molecule has 0 saturated heterocycles. The first-order chi connectivity index (χ1) is 8.20. The molecule has 0 aliphatic heterocycles. The van der Waals surface area contributed by atoms with E-state index in [0.717, 1.165) is 4.57 Å². The first kappa shape index (κ1) is 14.7. The van der Waals surface area contributed by atoms with Gasteiger partial charge in [0.1, 0.15) is 0 Å². The summed E-state index contributed by atoms with van der Waals surface area (Å²) >= 11 is 0. The summed E-state index contributed by atoms with van der Waals surface area (Å²) in [6.45, 7) is 4.22. The Bertz CT molecular complexity index is 542. The Balaban J connectivity index is 3.14. The first-order valence-electron chi connectivity index (χ1n) is 5.78. The molecule has 0 unspecified atom stereocenters. The van der Waals surface area contributed by atoms with E-state index in [1.807, 2.05) is 25.8 Å². The second kappa shape index (κ2) is 5.07. The Morgan fingerprint density at radius 1 is 1.28 bits per heavy atom. The normalized spacial score (nSPS) is 12.2. The highest BCUT2D eigenvalue weighted by Gasteiger charge is 2.23. The van der Waals surface area contributed by atoms with Crippen LogP contribution < -0.4 is 11.2 Å². The number of nitrogens with zero attached hydrogens (tertiary/aromatic N) is 3. The summed E-state index contributed by atoms with van der Waals surface area (Å²) in [6, 6.07) is 1.45. The Hall–Kier alpha value is -1.40. The van der Waals surface area contributed by atoms with Crippen molar-refractivity contribution in [1.82, 2.24) is 14.0 Å². The second-order valence-corrected chi connectivity index (χ2v) is 5.20. The molecule has 0 fully saturated rings. The lowest BCUT2D eigenvalue weighted by atomic mass is 10.1. The van der Waals surface area contributed by atoms with Crippen molar-refractivity contribution in [3.05, 3.63) is 32.6 Å². The molecule has 18 heavy (non-hydrogen) atoms. The second-order valence-electron chi connectivity index (χ2n) is 5.20. The molecule has 102 valence electrons. The zero-order valence-corrected chi connectivity index (χ0v) is 11.6. The van der Waals surface area contributed by atoms with Crippen LogP contribution in [0.2, 0.25) is 0 Å². The van der Waals surface area contributed by atoms with E-state index in [0.29, 0.717) is 12.2 Å². The van der Waals surface area contributed by atoms with Crippen LogP contribution >= 0.6 is 0 Å². The molecule has 0 atom stereocenters. The fraction of sp³-hybridized carbons (Fsp3) is 0.667. The van der Waals surface area contributed by atoms with E-state index in [-0.39, 0.29) is 17.9 Å². The van der Waals surface area contributed by atoms with Crippen molar-refractivity contribution in [2.45, 2.75) is 25.9 Å². The highest BCUT2D eigenvalue weighted by molar-refractivity contribution is 5.03. The van der Waals surface area contributed by atoms with E-state index in [9.17, 15) is 14.7 Å². The van der Waals surface area contributed by atoms with Crippen LogP contribution in [-0.4, -0.2) is 38.3 Å². The van der Waals surface area contributed by atoms with Crippen molar-refractivity contribution in [2.24, 2.45) is 14.1 Å². The third kappa shape index (κ3) is 2.70. The average molecular weight is 255 g/mol. The molecule has 1 rings (SSSR count). The highest BCUT2D eigenvalue weighted by atomic mass is 16.3. The first-order valence-corrected chi connectivity index (χ1v) is 5.78. The molecule has 0 aliphatic rings. The van der Waals surface area contributed by atoms with Crippen LogP contribution in [0.5, 0.6) is 0 Å². The summed E-state index contributed by atoms with van der Waals surface area (Å²) in [5.41, 5.74) is -0.431. The fourth-order valence-corrected chi connectivity index (χ4v) is 1.51. The maximum Gasteiger partial charge on any atom is 0.330 e. The summed E-state index contributed by atoms with van der Waals surface area (Å²) < 4.78 is 2.52. The minimum atomic E-state index is -0.406. The monoisotopic (exact) mass is 255 g/mol. The highest BCUT2D eigenvalue weighted by Crippen LogP contribution is 2.13. The molecular formula is C12H21N3O3. The van der Waals surface area contributed by atoms with Crippen molar-refractivity contribution in [3.8, 4) is 0 Å². The van der Waals surface area contributed by atoms with Crippen LogP contribution in [0.4, 0.5) is 0 Å². The number of rotatable bonds is 4. The van der Waals surface area contributed by atoms with Crippen LogP contribution in [0.15, 0.2) is 15.7 Å². The van der Waals surface area contributed by atoms with Crippen molar-refractivity contribution in [3.63, 3.8) is 0 Å². The third-order valence-corrected chi connectivity index (χ3v) is 3.44. The van der Waals surface area contributed by atoms with E-state index in [2.05, 4.69) is 0 Å². The molecular weight excluding hydrogens is 234 g/mol. The van der Waals surface area contributed by atoms with Crippen LogP contribution in [-0.2, 0) is 20.6 Å². The summed E-state index contributed by atoms with van der Waals surface area (Å²) in [7, 11) is 4.94. The molecule has 6 heteroatoms. The molecule has 6 nitrogen and oxygen atoms in total. The molecule has 0 amide bonds. The van der Waals surface area contributed by atoms with Crippen molar-refractivity contribution in [2.75, 3.05) is 13.7 Å². The van der Waals surface area contributed by atoms with E-state index >= 15 is 0 Å². The molecule has 0 radical (unpaired) electrons. The van der Waals surface area contributed by atoms with Gasteiger partial charge in [-0.05, 0) is 20.9 Å². The van der Waals surface area contributed by atoms with Gasteiger partial charge in [0.2, 0.25) is 0 Å². The number of hydrogen-bond donors (Lipinski definition) is 1. The van der Waals surface area contributed by atoms with Crippen molar-refractivity contribution < 1.29 is 5.11 Å². The lowest BCUT2D eigenvalue weighted by Crippen LogP contribution is -2.46. The van der Waals surface area contributed by atoms with Gasteiger partial charge in [-0.15, -0.1) is 0 Å². The van der Waals surface area contributed by atoms with Gasteiger partial charge in [-0.25, -0.2) is 4.79 Å².